The van der Waals surface area contributed by atoms with Crippen LogP contribution in [0.5, 0.6) is 5.75 Å². The molecular weight excluding hydrogens is 241 g/mol. The summed E-state index contributed by atoms with van der Waals surface area (Å²) in [5.74, 6) is 1.36. The van der Waals surface area contributed by atoms with Gasteiger partial charge in [0.1, 0.15) is 5.75 Å². The molecule has 0 fully saturated rings. The van der Waals surface area contributed by atoms with Crippen molar-refractivity contribution in [2.75, 3.05) is 20.7 Å². The summed E-state index contributed by atoms with van der Waals surface area (Å²) >= 11 is 0. The molecule has 1 rings (SSSR count). The molecule has 0 aromatic heterocycles. The molecule has 5 heteroatoms. The first-order valence-corrected chi connectivity index (χ1v) is 6.69. The minimum absolute atomic E-state index is 0.539. The third-order valence-corrected chi connectivity index (χ3v) is 3.39. The summed E-state index contributed by atoms with van der Waals surface area (Å²) in [4.78, 5) is 2.19. The average Bonchev–Trinajstić information content (AvgIpc) is 2.37. The molecule has 0 amide bonds. The van der Waals surface area contributed by atoms with Crippen LogP contribution in [0, 0.1) is 5.92 Å². The monoisotopic (exact) mass is 265 g/mol. The van der Waals surface area contributed by atoms with Gasteiger partial charge in [-0.3, -0.25) is 0 Å². The lowest BCUT2D eigenvalue weighted by molar-refractivity contribution is 0.275. The van der Waals surface area contributed by atoms with Gasteiger partial charge in [-0.25, -0.2) is 0 Å². The molecule has 1 atom stereocenters. The van der Waals surface area contributed by atoms with E-state index in [0.29, 0.717) is 17.9 Å². The van der Waals surface area contributed by atoms with Crippen LogP contribution < -0.4 is 10.2 Å². The second kappa shape index (κ2) is 7.53. The van der Waals surface area contributed by atoms with Crippen molar-refractivity contribution in [2.45, 2.75) is 26.8 Å². The van der Waals surface area contributed by atoms with Crippen LogP contribution in [-0.2, 0) is 6.54 Å². The van der Waals surface area contributed by atoms with E-state index in [2.05, 4.69) is 18.7 Å². The van der Waals surface area contributed by atoms with Gasteiger partial charge >= 0.3 is 7.12 Å². The second-order valence-electron chi connectivity index (χ2n) is 5.15. The van der Waals surface area contributed by atoms with Crippen molar-refractivity contribution in [3.63, 3.8) is 0 Å². The highest BCUT2D eigenvalue weighted by molar-refractivity contribution is 6.59. The molecule has 1 aromatic rings. The zero-order valence-corrected chi connectivity index (χ0v) is 12.3. The van der Waals surface area contributed by atoms with Crippen LogP contribution in [0.3, 0.4) is 0 Å². The smallest absolute Gasteiger partial charge is 0.488 e. The first kappa shape index (κ1) is 16.0. The Morgan fingerprint density at radius 1 is 1.37 bits per heavy atom. The van der Waals surface area contributed by atoms with Gasteiger partial charge in [0.15, 0.2) is 0 Å². The summed E-state index contributed by atoms with van der Waals surface area (Å²) in [7, 11) is 2.20. The van der Waals surface area contributed by atoms with Crippen molar-refractivity contribution >= 4 is 12.6 Å². The fourth-order valence-electron chi connectivity index (χ4n) is 2.11. The number of benzene rings is 1. The van der Waals surface area contributed by atoms with E-state index in [0.717, 1.165) is 24.3 Å². The molecule has 0 aliphatic carbocycles. The maximum Gasteiger partial charge on any atom is 0.488 e. The maximum atomic E-state index is 9.41. The Morgan fingerprint density at radius 3 is 2.58 bits per heavy atom. The van der Waals surface area contributed by atoms with E-state index in [-0.39, 0.29) is 0 Å². The zero-order valence-electron chi connectivity index (χ0n) is 12.3. The molecule has 0 saturated heterocycles. The summed E-state index contributed by atoms with van der Waals surface area (Å²) in [5.41, 5.74) is 1.43. The van der Waals surface area contributed by atoms with Gasteiger partial charge in [-0.05, 0) is 36.1 Å². The van der Waals surface area contributed by atoms with Crippen LogP contribution >= 0.6 is 0 Å². The van der Waals surface area contributed by atoms with Gasteiger partial charge in [-0.1, -0.05) is 26.3 Å². The summed E-state index contributed by atoms with van der Waals surface area (Å²) in [5, 5.41) is 18.8. The van der Waals surface area contributed by atoms with Crippen molar-refractivity contribution in [2.24, 2.45) is 5.92 Å². The van der Waals surface area contributed by atoms with E-state index in [4.69, 9.17) is 4.74 Å². The van der Waals surface area contributed by atoms with Gasteiger partial charge in [-0.2, -0.15) is 0 Å². The van der Waals surface area contributed by atoms with Crippen LogP contribution in [0.25, 0.3) is 0 Å². The SMILES string of the molecule is CCC(C)CN(C)Cc1cc(OC)ccc1B(O)O. The van der Waals surface area contributed by atoms with Gasteiger partial charge in [0, 0.05) is 13.1 Å². The molecular formula is C14H24BNO3. The number of methoxy groups -OCH3 is 1. The van der Waals surface area contributed by atoms with E-state index in [1.165, 1.54) is 0 Å². The maximum absolute atomic E-state index is 9.41. The predicted octanol–water partition coefficient (Wildman–Crippen LogP) is 0.853. The fourth-order valence-corrected chi connectivity index (χ4v) is 2.11. The Balaban J connectivity index is 2.84. The van der Waals surface area contributed by atoms with Gasteiger partial charge < -0.3 is 19.7 Å². The van der Waals surface area contributed by atoms with Crippen molar-refractivity contribution in [3.8, 4) is 5.75 Å². The minimum atomic E-state index is -1.45. The molecule has 0 aliphatic heterocycles. The van der Waals surface area contributed by atoms with Gasteiger partial charge in [0.05, 0.1) is 7.11 Å². The van der Waals surface area contributed by atoms with E-state index in [9.17, 15) is 10.0 Å². The van der Waals surface area contributed by atoms with Gasteiger partial charge in [0.2, 0.25) is 0 Å². The van der Waals surface area contributed by atoms with Crippen molar-refractivity contribution in [3.05, 3.63) is 23.8 Å². The largest absolute Gasteiger partial charge is 0.497 e. The number of rotatable bonds is 7. The highest BCUT2D eigenvalue weighted by Crippen LogP contribution is 2.14. The van der Waals surface area contributed by atoms with Crippen LogP contribution in [0.1, 0.15) is 25.8 Å². The Hall–Kier alpha value is -1.04. The number of hydrogen-bond donors (Lipinski definition) is 2. The van der Waals surface area contributed by atoms with E-state index >= 15 is 0 Å². The molecule has 0 saturated carbocycles. The van der Waals surface area contributed by atoms with Crippen LogP contribution in [0.2, 0.25) is 0 Å². The molecule has 0 bridgehead atoms. The molecule has 4 nitrogen and oxygen atoms in total. The van der Waals surface area contributed by atoms with Gasteiger partial charge in [0.25, 0.3) is 0 Å². The molecule has 19 heavy (non-hydrogen) atoms. The molecule has 1 unspecified atom stereocenters. The highest BCUT2D eigenvalue weighted by atomic mass is 16.5. The van der Waals surface area contributed by atoms with Crippen molar-refractivity contribution in [1.29, 1.82) is 0 Å². The minimum Gasteiger partial charge on any atom is -0.497 e. The average molecular weight is 265 g/mol. The topological polar surface area (TPSA) is 52.9 Å². The number of nitrogens with zero attached hydrogens (tertiary/aromatic N) is 1. The fraction of sp³-hybridized carbons (Fsp3) is 0.571. The van der Waals surface area contributed by atoms with Crippen molar-refractivity contribution in [1.82, 2.24) is 4.90 Å². The Kier molecular flexibility index (Phi) is 6.35. The number of ether oxygens (including phenoxy) is 1. The standard InChI is InChI=1S/C14H24BNO3/c1-5-11(2)9-16(3)10-12-8-13(19-4)6-7-14(12)15(17)18/h6-8,11,17-18H,5,9-10H2,1-4H3. The van der Waals surface area contributed by atoms with Crippen molar-refractivity contribution < 1.29 is 14.8 Å². The molecule has 0 radical (unpaired) electrons. The van der Waals surface area contributed by atoms with E-state index in [1.54, 1.807) is 19.2 Å². The first-order valence-electron chi connectivity index (χ1n) is 6.69. The Bertz CT molecular complexity index is 398. The molecule has 2 N–H and O–H groups in total. The number of hydrogen-bond acceptors (Lipinski definition) is 4. The summed E-state index contributed by atoms with van der Waals surface area (Å²) in [6.45, 7) is 6.04. The molecule has 0 aliphatic rings. The van der Waals surface area contributed by atoms with Crippen LogP contribution in [0.4, 0.5) is 0 Å². The summed E-state index contributed by atoms with van der Waals surface area (Å²) in [6.07, 6.45) is 1.14. The molecule has 0 heterocycles. The summed E-state index contributed by atoms with van der Waals surface area (Å²) in [6, 6.07) is 5.31. The van der Waals surface area contributed by atoms with Gasteiger partial charge in [-0.15, -0.1) is 0 Å². The lowest BCUT2D eigenvalue weighted by atomic mass is 9.77. The van der Waals surface area contributed by atoms with E-state index < -0.39 is 7.12 Å². The molecule has 1 aromatic carbocycles. The van der Waals surface area contributed by atoms with Crippen LogP contribution in [-0.4, -0.2) is 42.8 Å². The second-order valence-corrected chi connectivity index (χ2v) is 5.15. The predicted molar refractivity (Wildman–Crippen MR) is 78.6 cm³/mol. The lowest BCUT2D eigenvalue weighted by Gasteiger charge is -2.22. The van der Waals surface area contributed by atoms with E-state index in [1.807, 2.05) is 13.1 Å². The third-order valence-electron chi connectivity index (χ3n) is 3.39. The molecule has 106 valence electrons. The quantitative estimate of drug-likeness (QED) is 0.718. The normalized spacial score (nSPS) is 12.6. The highest BCUT2D eigenvalue weighted by Gasteiger charge is 2.18. The Labute approximate surface area is 116 Å². The first-order chi connectivity index (χ1) is 8.97. The van der Waals surface area contributed by atoms with Crippen LogP contribution in [0.15, 0.2) is 18.2 Å². The lowest BCUT2D eigenvalue weighted by Crippen LogP contribution is -2.35. The molecule has 0 spiro atoms. The third kappa shape index (κ3) is 4.86. The zero-order chi connectivity index (χ0) is 14.4. The Morgan fingerprint density at radius 2 is 2.05 bits per heavy atom. The summed E-state index contributed by atoms with van der Waals surface area (Å²) < 4.78 is 5.19.